The highest BCUT2D eigenvalue weighted by atomic mass is 35.5. The highest BCUT2D eigenvalue weighted by Gasteiger charge is 2.19. The summed E-state index contributed by atoms with van der Waals surface area (Å²) in [7, 11) is 4.59. The van der Waals surface area contributed by atoms with Crippen LogP contribution in [0.2, 0.25) is 5.15 Å². The summed E-state index contributed by atoms with van der Waals surface area (Å²) in [6.07, 6.45) is 3.05. The first-order valence-electron chi connectivity index (χ1n) is 7.52. The number of hydrogen-bond acceptors (Lipinski definition) is 7. The Bertz CT molecular complexity index is 984. The number of aromatic nitrogens is 3. The van der Waals surface area contributed by atoms with Gasteiger partial charge in [0.1, 0.15) is 5.01 Å². The van der Waals surface area contributed by atoms with Crippen LogP contribution in [0.3, 0.4) is 0 Å². The lowest BCUT2D eigenvalue weighted by atomic mass is 10.1. The van der Waals surface area contributed by atoms with E-state index >= 15 is 0 Å². The van der Waals surface area contributed by atoms with Crippen LogP contribution in [-0.2, 0) is 0 Å². The van der Waals surface area contributed by atoms with Gasteiger partial charge in [0.15, 0.2) is 22.3 Å². The number of carbonyl (C=O) groups is 1. The number of nitrogens with zero attached hydrogens (tertiary/aromatic N) is 3. The molecule has 3 rings (SSSR count). The Morgan fingerprint density at radius 2 is 1.85 bits per heavy atom. The number of hydrogen-bond donors (Lipinski definition) is 0. The number of carbonyl (C=O) groups excluding carboxylic acids is 1. The molecule has 0 fully saturated rings. The first-order valence-corrected chi connectivity index (χ1v) is 8.72. The molecule has 0 radical (unpaired) electrons. The van der Waals surface area contributed by atoms with E-state index in [0.717, 1.165) is 5.01 Å². The van der Waals surface area contributed by atoms with Gasteiger partial charge in [0, 0.05) is 0 Å². The minimum Gasteiger partial charge on any atom is -0.493 e. The van der Waals surface area contributed by atoms with E-state index in [1.54, 1.807) is 18.2 Å². The number of benzene rings is 1. The molecule has 0 N–H and O–H groups in total. The molecule has 0 aliphatic carbocycles. The van der Waals surface area contributed by atoms with Gasteiger partial charge in [-0.15, -0.1) is 0 Å². The molecule has 0 saturated heterocycles. The van der Waals surface area contributed by atoms with Crippen molar-refractivity contribution in [2.45, 2.75) is 6.92 Å². The number of ether oxygens (including phenoxy) is 3. The Hall–Kier alpha value is -2.58. The van der Waals surface area contributed by atoms with Crippen molar-refractivity contribution in [3.63, 3.8) is 0 Å². The molecular weight excluding hydrogens is 378 g/mol. The second kappa shape index (κ2) is 7.35. The summed E-state index contributed by atoms with van der Waals surface area (Å²) in [5, 5.41) is 5.19. The first kappa shape index (κ1) is 18.2. The average molecular weight is 394 g/mol. The quantitative estimate of drug-likeness (QED) is 0.470. The van der Waals surface area contributed by atoms with Gasteiger partial charge in [-0.1, -0.05) is 29.0 Å². The summed E-state index contributed by atoms with van der Waals surface area (Å²) in [5.41, 5.74) is 0.939. The van der Waals surface area contributed by atoms with Crippen LogP contribution < -0.4 is 14.2 Å². The Labute approximate surface area is 158 Å². The zero-order valence-corrected chi connectivity index (χ0v) is 16.1. The number of allylic oxidation sites excluding steroid dienone is 1. The van der Waals surface area contributed by atoms with Gasteiger partial charge in [0.25, 0.3) is 0 Å². The van der Waals surface area contributed by atoms with Crippen LogP contribution in [0.4, 0.5) is 0 Å². The summed E-state index contributed by atoms with van der Waals surface area (Å²) < 4.78 is 17.4. The number of fused-ring (bicyclic) bond motifs is 1. The highest BCUT2D eigenvalue weighted by Crippen LogP contribution is 2.38. The predicted octanol–water partition coefficient (Wildman–Crippen LogP) is 3.67. The average Bonchev–Trinajstić information content (AvgIpc) is 3.12. The molecule has 2 heterocycles. The number of rotatable bonds is 6. The summed E-state index contributed by atoms with van der Waals surface area (Å²) in [6.45, 7) is 1.84. The van der Waals surface area contributed by atoms with E-state index in [9.17, 15) is 4.79 Å². The van der Waals surface area contributed by atoms with Crippen LogP contribution in [0.25, 0.3) is 11.0 Å². The fourth-order valence-electron chi connectivity index (χ4n) is 2.47. The van der Waals surface area contributed by atoms with Crippen molar-refractivity contribution in [3.8, 4) is 17.2 Å². The minimum atomic E-state index is -0.304. The largest absolute Gasteiger partial charge is 0.493 e. The van der Waals surface area contributed by atoms with Gasteiger partial charge in [0.2, 0.25) is 16.5 Å². The molecule has 26 heavy (non-hydrogen) atoms. The molecule has 0 aliphatic rings. The molecule has 0 spiro atoms. The predicted molar refractivity (Wildman–Crippen MR) is 100 cm³/mol. The molecule has 0 atom stereocenters. The SMILES string of the molecule is COc1cc(/C=C/C(=O)c2c(Cl)nc3sc(C)nn23)cc(OC)c1OC. The molecule has 2 aromatic heterocycles. The monoisotopic (exact) mass is 393 g/mol. The van der Waals surface area contributed by atoms with Gasteiger partial charge in [-0.25, -0.2) is 4.98 Å². The van der Waals surface area contributed by atoms with E-state index in [-0.39, 0.29) is 16.6 Å². The van der Waals surface area contributed by atoms with Crippen LogP contribution >= 0.6 is 22.9 Å². The van der Waals surface area contributed by atoms with Crippen molar-refractivity contribution in [1.82, 2.24) is 14.6 Å². The van der Waals surface area contributed by atoms with E-state index < -0.39 is 0 Å². The molecule has 9 heteroatoms. The van der Waals surface area contributed by atoms with Gasteiger partial charge in [-0.3, -0.25) is 4.79 Å². The summed E-state index contributed by atoms with van der Waals surface area (Å²) in [6, 6.07) is 3.48. The summed E-state index contributed by atoms with van der Waals surface area (Å²) in [5.74, 6) is 1.18. The lowest BCUT2D eigenvalue weighted by Crippen LogP contribution is -2.02. The van der Waals surface area contributed by atoms with Gasteiger partial charge >= 0.3 is 0 Å². The molecule has 0 saturated carbocycles. The summed E-state index contributed by atoms with van der Waals surface area (Å²) >= 11 is 7.46. The van der Waals surface area contributed by atoms with Crippen molar-refractivity contribution in [2.75, 3.05) is 21.3 Å². The lowest BCUT2D eigenvalue weighted by molar-refractivity contribution is 0.104. The van der Waals surface area contributed by atoms with E-state index in [4.69, 9.17) is 25.8 Å². The Morgan fingerprint density at radius 1 is 1.19 bits per heavy atom. The van der Waals surface area contributed by atoms with Crippen molar-refractivity contribution in [1.29, 1.82) is 0 Å². The fraction of sp³-hybridized carbons (Fsp3) is 0.235. The Morgan fingerprint density at radius 3 is 2.42 bits per heavy atom. The van der Waals surface area contributed by atoms with E-state index in [2.05, 4.69) is 10.1 Å². The normalized spacial score (nSPS) is 11.3. The van der Waals surface area contributed by atoms with Crippen molar-refractivity contribution in [3.05, 3.63) is 39.6 Å². The first-order chi connectivity index (χ1) is 12.5. The number of halogens is 1. The minimum absolute atomic E-state index is 0.128. The summed E-state index contributed by atoms with van der Waals surface area (Å²) in [4.78, 5) is 17.3. The van der Waals surface area contributed by atoms with E-state index in [1.165, 1.54) is 43.3 Å². The van der Waals surface area contributed by atoms with Gasteiger partial charge in [-0.05, 0) is 30.7 Å². The molecule has 0 amide bonds. The molecule has 3 aromatic rings. The molecule has 136 valence electrons. The maximum absolute atomic E-state index is 12.6. The van der Waals surface area contributed by atoms with Crippen molar-refractivity contribution < 1.29 is 19.0 Å². The number of imidazole rings is 1. The maximum atomic E-state index is 12.6. The molecule has 1 aromatic carbocycles. The third kappa shape index (κ3) is 3.25. The van der Waals surface area contributed by atoms with E-state index in [0.29, 0.717) is 27.8 Å². The molecule has 0 unspecified atom stereocenters. The van der Waals surface area contributed by atoms with Crippen LogP contribution in [0.1, 0.15) is 21.1 Å². The Kier molecular flexibility index (Phi) is 5.15. The van der Waals surface area contributed by atoms with E-state index in [1.807, 2.05) is 6.92 Å². The second-order valence-corrected chi connectivity index (χ2v) is 6.74. The zero-order valence-electron chi connectivity index (χ0n) is 14.6. The van der Waals surface area contributed by atoms with Crippen molar-refractivity contribution >= 4 is 39.8 Å². The fourth-order valence-corrected chi connectivity index (χ4v) is 3.52. The van der Waals surface area contributed by atoms with Crippen LogP contribution in [0, 0.1) is 6.92 Å². The number of aryl methyl sites for hydroxylation is 1. The highest BCUT2D eigenvalue weighted by molar-refractivity contribution is 7.16. The van der Waals surface area contributed by atoms with Gasteiger partial charge < -0.3 is 14.2 Å². The van der Waals surface area contributed by atoms with Crippen LogP contribution in [0.5, 0.6) is 17.2 Å². The van der Waals surface area contributed by atoms with Gasteiger partial charge in [-0.2, -0.15) is 9.61 Å². The molecule has 0 aliphatic heterocycles. The Balaban J connectivity index is 1.96. The molecule has 0 bridgehead atoms. The second-order valence-electron chi connectivity index (χ2n) is 5.22. The zero-order chi connectivity index (χ0) is 18.8. The maximum Gasteiger partial charge on any atom is 0.214 e. The number of ketones is 1. The standard InChI is InChI=1S/C17H16ClN3O4S/c1-9-20-21-14(16(18)19-17(21)26-9)11(22)6-5-10-7-12(23-2)15(25-4)13(8-10)24-3/h5-8H,1-4H3/b6-5+. The third-order valence-corrected chi connectivity index (χ3v) is 4.70. The smallest absolute Gasteiger partial charge is 0.214 e. The topological polar surface area (TPSA) is 75.0 Å². The third-order valence-electron chi connectivity index (χ3n) is 3.61. The lowest BCUT2D eigenvalue weighted by Gasteiger charge is -2.12. The van der Waals surface area contributed by atoms with Crippen LogP contribution in [-0.4, -0.2) is 41.7 Å². The van der Waals surface area contributed by atoms with Crippen molar-refractivity contribution in [2.24, 2.45) is 0 Å². The van der Waals surface area contributed by atoms with Gasteiger partial charge in [0.05, 0.1) is 21.3 Å². The molecular formula is C17H16ClN3O4S. The number of methoxy groups -OCH3 is 3. The van der Waals surface area contributed by atoms with Crippen LogP contribution in [0.15, 0.2) is 18.2 Å². The molecule has 7 nitrogen and oxygen atoms in total.